The zero-order chi connectivity index (χ0) is 25.5. The van der Waals surface area contributed by atoms with Crippen LogP contribution in [-0.4, -0.2) is 23.3 Å². The number of halogens is 6. The molecule has 35 heavy (non-hydrogen) atoms. The van der Waals surface area contributed by atoms with Gasteiger partial charge < -0.3 is 15.4 Å². The van der Waals surface area contributed by atoms with Crippen LogP contribution in [0.25, 0.3) is 0 Å². The molecule has 0 aliphatic heterocycles. The van der Waals surface area contributed by atoms with Crippen LogP contribution in [0.15, 0.2) is 54.6 Å². The zero-order valence-electron chi connectivity index (χ0n) is 17.8. The first-order chi connectivity index (χ1) is 16.5. The lowest BCUT2D eigenvalue weighted by Gasteiger charge is -2.11. The van der Waals surface area contributed by atoms with Crippen LogP contribution in [0.1, 0.15) is 21.8 Å². The van der Waals surface area contributed by atoms with Crippen molar-refractivity contribution in [2.75, 3.05) is 17.7 Å². The summed E-state index contributed by atoms with van der Waals surface area (Å²) in [5, 5.41) is 6.03. The molecule has 3 aromatic carbocycles. The van der Waals surface area contributed by atoms with Crippen molar-refractivity contribution in [2.45, 2.75) is 10.3 Å². The average Bonchev–Trinajstić information content (AvgIpc) is 3.38. The highest BCUT2D eigenvalue weighted by Gasteiger charge is 2.67. The normalized spacial score (nSPS) is 18.0. The van der Waals surface area contributed by atoms with Crippen LogP contribution in [0.5, 0.6) is 5.75 Å². The number of carbonyl (C=O) groups excluding carboxylic acids is 2. The van der Waals surface area contributed by atoms with Gasteiger partial charge in [-0.2, -0.15) is 0 Å². The quantitative estimate of drug-likeness (QED) is 0.298. The molecule has 0 unspecified atom stereocenters. The maximum atomic E-state index is 13.1. The Bertz CT molecular complexity index is 1290. The fourth-order valence-corrected chi connectivity index (χ4v) is 5.44. The number of hydrogen-bond acceptors (Lipinski definition) is 3. The van der Waals surface area contributed by atoms with E-state index in [4.69, 9.17) is 62.7 Å². The summed E-state index contributed by atoms with van der Waals surface area (Å²) in [7, 11) is 1.44. The van der Waals surface area contributed by atoms with Crippen molar-refractivity contribution in [2.24, 2.45) is 5.92 Å². The fourth-order valence-electron chi connectivity index (χ4n) is 3.75. The number of anilines is 2. The van der Waals surface area contributed by atoms with E-state index in [0.29, 0.717) is 22.7 Å². The molecule has 0 spiro atoms. The number of alkyl halides is 2. The standard InChI is InChI=1S/C24H16Cl5FN2O3/c1-35-21-17(26)8-11(9-18(21)27)19-20(24(19,28)29)23(34)32-14-6-7-16(25)15(10-14)22(33)31-13-4-2-12(30)3-5-13/h2-10,19-20H,1H3,(H,31,33)(H,32,34)/t19-,20+/m0/s1. The molecule has 0 aromatic heterocycles. The Hall–Kier alpha value is -2.22. The van der Waals surface area contributed by atoms with E-state index in [1.807, 2.05) is 0 Å². The first-order valence-corrected chi connectivity index (χ1v) is 12.0. The van der Waals surface area contributed by atoms with Crippen LogP contribution in [0.3, 0.4) is 0 Å². The summed E-state index contributed by atoms with van der Waals surface area (Å²) in [5.41, 5.74) is 1.39. The molecular formula is C24H16Cl5FN2O3. The van der Waals surface area contributed by atoms with Gasteiger partial charge in [-0.3, -0.25) is 9.59 Å². The third-order valence-electron chi connectivity index (χ3n) is 5.50. The zero-order valence-corrected chi connectivity index (χ0v) is 21.6. The van der Waals surface area contributed by atoms with Gasteiger partial charge in [0.25, 0.3) is 5.91 Å². The molecule has 182 valence electrons. The van der Waals surface area contributed by atoms with Crippen molar-refractivity contribution in [3.63, 3.8) is 0 Å². The molecule has 2 amide bonds. The van der Waals surface area contributed by atoms with E-state index in [1.165, 1.54) is 49.6 Å². The van der Waals surface area contributed by atoms with E-state index in [1.54, 1.807) is 12.1 Å². The lowest BCUT2D eigenvalue weighted by atomic mass is 10.1. The number of hydrogen-bond donors (Lipinski definition) is 2. The lowest BCUT2D eigenvalue weighted by Crippen LogP contribution is -2.18. The third-order valence-corrected chi connectivity index (χ3v) is 7.33. The summed E-state index contributed by atoms with van der Waals surface area (Å²) >= 11 is 31.5. The second kappa shape index (κ2) is 10.0. The predicted molar refractivity (Wildman–Crippen MR) is 138 cm³/mol. The molecule has 2 N–H and O–H groups in total. The first-order valence-electron chi connectivity index (χ1n) is 10.1. The maximum absolute atomic E-state index is 13.1. The molecule has 0 radical (unpaired) electrons. The summed E-state index contributed by atoms with van der Waals surface area (Å²) in [6.07, 6.45) is 0. The minimum Gasteiger partial charge on any atom is -0.494 e. The summed E-state index contributed by atoms with van der Waals surface area (Å²) in [5.74, 6) is -2.50. The lowest BCUT2D eigenvalue weighted by molar-refractivity contribution is -0.117. The Morgan fingerprint density at radius 3 is 2.09 bits per heavy atom. The number of rotatable bonds is 6. The van der Waals surface area contributed by atoms with Gasteiger partial charge in [0, 0.05) is 17.3 Å². The molecule has 0 heterocycles. The third kappa shape index (κ3) is 5.32. The molecule has 4 rings (SSSR count). The molecular weight excluding hydrogens is 561 g/mol. The molecule has 0 saturated heterocycles. The van der Waals surface area contributed by atoms with Crippen molar-refractivity contribution in [3.8, 4) is 5.75 Å². The van der Waals surface area contributed by atoms with E-state index >= 15 is 0 Å². The van der Waals surface area contributed by atoms with Crippen molar-refractivity contribution in [1.82, 2.24) is 0 Å². The van der Waals surface area contributed by atoms with Gasteiger partial charge in [0.05, 0.1) is 33.7 Å². The average molecular weight is 577 g/mol. The minimum atomic E-state index is -1.39. The molecule has 1 aliphatic rings. The molecule has 1 saturated carbocycles. The van der Waals surface area contributed by atoms with Crippen LogP contribution >= 0.6 is 58.0 Å². The molecule has 1 aliphatic carbocycles. The Morgan fingerprint density at radius 2 is 1.49 bits per heavy atom. The molecule has 1 fully saturated rings. The van der Waals surface area contributed by atoms with Gasteiger partial charge in [0.1, 0.15) is 10.2 Å². The smallest absolute Gasteiger partial charge is 0.257 e. The van der Waals surface area contributed by atoms with Gasteiger partial charge in [-0.25, -0.2) is 4.39 Å². The highest BCUT2D eigenvalue weighted by molar-refractivity contribution is 6.53. The molecule has 11 heteroatoms. The van der Waals surface area contributed by atoms with Crippen LogP contribution < -0.4 is 15.4 Å². The molecule has 0 bridgehead atoms. The largest absolute Gasteiger partial charge is 0.494 e. The first kappa shape index (κ1) is 25.9. The van der Waals surface area contributed by atoms with Crippen molar-refractivity contribution in [3.05, 3.63) is 86.6 Å². The van der Waals surface area contributed by atoms with E-state index in [2.05, 4.69) is 10.6 Å². The molecule has 2 atom stereocenters. The molecule has 5 nitrogen and oxygen atoms in total. The van der Waals surface area contributed by atoms with Gasteiger partial charge in [-0.05, 0) is 60.2 Å². The van der Waals surface area contributed by atoms with Crippen LogP contribution in [-0.2, 0) is 4.79 Å². The van der Waals surface area contributed by atoms with Gasteiger partial charge >= 0.3 is 0 Å². The SMILES string of the molecule is COc1c(Cl)cc([C@H]2[C@H](C(=O)Nc3ccc(Cl)c(C(=O)Nc4ccc(F)cc4)c3)C2(Cl)Cl)cc1Cl. The Labute approximate surface area is 225 Å². The highest BCUT2D eigenvalue weighted by atomic mass is 35.5. The van der Waals surface area contributed by atoms with Crippen molar-refractivity contribution >= 4 is 81.2 Å². The van der Waals surface area contributed by atoms with Crippen molar-refractivity contribution < 1.29 is 18.7 Å². The van der Waals surface area contributed by atoms with E-state index in [-0.39, 0.29) is 20.6 Å². The Balaban J connectivity index is 1.51. The number of methoxy groups -OCH3 is 1. The topological polar surface area (TPSA) is 67.4 Å². The van der Waals surface area contributed by atoms with Crippen LogP contribution in [0.4, 0.5) is 15.8 Å². The van der Waals surface area contributed by atoms with Crippen LogP contribution in [0.2, 0.25) is 15.1 Å². The van der Waals surface area contributed by atoms with Crippen molar-refractivity contribution in [1.29, 1.82) is 0 Å². The predicted octanol–water partition coefficient (Wildman–Crippen LogP) is 7.57. The number of ether oxygens (including phenoxy) is 1. The minimum absolute atomic E-state index is 0.109. The second-order valence-corrected chi connectivity index (χ2v) is 10.5. The number of carbonyl (C=O) groups is 2. The molecule has 3 aromatic rings. The number of amides is 2. The summed E-state index contributed by atoms with van der Waals surface area (Å²) in [6, 6.07) is 12.9. The number of nitrogens with one attached hydrogen (secondary N) is 2. The van der Waals surface area contributed by atoms with Crippen LogP contribution in [0, 0.1) is 11.7 Å². The van der Waals surface area contributed by atoms with Gasteiger partial charge in [-0.1, -0.05) is 34.8 Å². The van der Waals surface area contributed by atoms with E-state index in [9.17, 15) is 14.0 Å². The van der Waals surface area contributed by atoms with E-state index < -0.39 is 33.8 Å². The highest BCUT2D eigenvalue weighted by Crippen LogP contribution is 2.65. The maximum Gasteiger partial charge on any atom is 0.257 e. The van der Waals surface area contributed by atoms with Gasteiger partial charge in [0.15, 0.2) is 5.75 Å². The fraction of sp³-hybridized carbons (Fsp3) is 0.167. The van der Waals surface area contributed by atoms with Gasteiger partial charge in [-0.15, -0.1) is 23.2 Å². The summed E-state index contributed by atoms with van der Waals surface area (Å²) in [6.45, 7) is 0. The van der Waals surface area contributed by atoms with Gasteiger partial charge in [0.2, 0.25) is 5.91 Å². The van der Waals surface area contributed by atoms with E-state index in [0.717, 1.165) is 0 Å². The number of benzene rings is 3. The Morgan fingerprint density at radius 1 is 0.886 bits per heavy atom. The Kier molecular flexibility index (Phi) is 7.41. The monoisotopic (exact) mass is 574 g/mol. The summed E-state index contributed by atoms with van der Waals surface area (Å²) in [4.78, 5) is 25.7. The summed E-state index contributed by atoms with van der Waals surface area (Å²) < 4.78 is 16.9. The second-order valence-electron chi connectivity index (χ2n) is 7.79.